The number of rotatable bonds is 12. The molecule has 13 N–H and O–H groups in total. The molecule has 16 heteroatoms. The zero-order valence-electron chi connectivity index (χ0n) is 24.3. The lowest BCUT2D eigenvalue weighted by Crippen LogP contribution is -2.72. The van der Waals surface area contributed by atoms with Crippen molar-refractivity contribution in [1.82, 2.24) is 21.3 Å². The van der Waals surface area contributed by atoms with Crippen LogP contribution in [0, 0.1) is 11.3 Å². The fourth-order valence-electron chi connectivity index (χ4n) is 6.17. The third-order valence-electron chi connectivity index (χ3n) is 8.89. The first kappa shape index (κ1) is 33.8. The number of hydrogen-bond donors (Lipinski definition) is 11. The van der Waals surface area contributed by atoms with Gasteiger partial charge in [0.25, 0.3) is 0 Å². The molecule has 15 nitrogen and oxygen atoms in total. The van der Waals surface area contributed by atoms with Gasteiger partial charge in [0.1, 0.15) is 42.5 Å². The molecule has 42 heavy (non-hydrogen) atoms. The lowest BCUT2D eigenvalue weighted by atomic mass is 9.82. The number of halogens is 1. The second-order valence-electron chi connectivity index (χ2n) is 12.0. The second kappa shape index (κ2) is 14.8. The van der Waals surface area contributed by atoms with E-state index < -0.39 is 85.5 Å². The quantitative estimate of drug-likeness (QED) is 0.0573. The Kier molecular flexibility index (Phi) is 11.9. The molecule has 0 spiro atoms. The molecule has 0 aromatic rings. The molecule has 1 saturated carbocycles. The van der Waals surface area contributed by atoms with Crippen LogP contribution in [0.25, 0.3) is 0 Å². The maximum absolute atomic E-state index is 12.5. The molecule has 3 saturated heterocycles. The van der Waals surface area contributed by atoms with Crippen molar-refractivity contribution in [3.05, 3.63) is 0 Å². The summed E-state index contributed by atoms with van der Waals surface area (Å²) in [6.07, 6.45) is -6.29. The third-order valence-corrected chi connectivity index (χ3v) is 8.89. The van der Waals surface area contributed by atoms with Crippen LogP contribution in [-0.4, -0.2) is 152 Å². The molecule has 0 aromatic heterocycles. The van der Waals surface area contributed by atoms with E-state index in [4.69, 9.17) is 35.8 Å². The molecule has 4 rings (SSSR count). The van der Waals surface area contributed by atoms with Crippen LogP contribution < -0.4 is 32.7 Å². The lowest BCUT2D eigenvalue weighted by molar-refractivity contribution is -0.297. The first-order chi connectivity index (χ1) is 20.0. The largest absolute Gasteiger partial charge is 0.393 e. The molecule has 13 atom stereocenters. The highest BCUT2D eigenvalue weighted by Gasteiger charge is 2.51. The summed E-state index contributed by atoms with van der Waals surface area (Å²) < 4.78 is 36.8. The monoisotopic (exact) mass is 607 g/mol. The minimum absolute atomic E-state index is 0.0924. The minimum Gasteiger partial charge on any atom is -0.393 e. The number of aliphatic hydroxyl groups excluding tert-OH is 3. The Morgan fingerprint density at radius 3 is 2.48 bits per heavy atom. The van der Waals surface area contributed by atoms with Crippen molar-refractivity contribution >= 4 is 5.84 Å². The SMILES string of the molecule is CN[C@H]1C(C(C)O)CO[C@H](OC2C(O)C(O[C@H]3O[C@H](CNCCF)CCC3N)[C@@H](N)C[C@H]2NC(=N)C2(O)CNC2)C1O. The van der Waals surface area contributed by atoms with E-state index in [2.05, 4.69) is 21.3 Å². The zero-order chi connectivity index (χ0) is 30.6. The van der Waals surface area contributed by atoms with Crippen LogP contribution in [0.1, 0.15) is 26.2 Å². The van der Waals surface area contributed by atoms with Crippen molar-refractivity contribution in [3.63, 3.8) is 0 Å². The van der Waals surface area contributed by atoms with Gasteiger partial charge in [0.05, 0.1) is 30.9 Å². The van der Waals surface area contributed by atoms with Crippen molar-refractivity contribution in [2.45, 2.75) is 105 Å². The molecule has 1 aliphatic carbocycles. The number of amidine groups is 1. The topological polar surface area (TPSA) is 242 Å². The number of β-amino-alcohol motifs (C(OH)–C–C–N with tert-alkyl or cyclic N) is 1. The van der Waals surface area contributed by atoms with E-state index in [-0.39, 0.29) is 44.6 Å². The molecular weight excluding hydrogens is 557 g/mol. The van der Waals surface area contributed by atoms with Crippen LogP contribution in [0.5, 0.6) is 0 Å². The Bertz CT molecular complexity index is 877. The molecular formula is C26H50FN7O8. The van der Waals surface area contributed by atoms with Crippen LogP contribution in [0.4, 0.5) is 4.39 Å². The lowest BCUT2D eigenvalue weighted by Gasteiger charge is -2.49. The van der Waals surface area contributed by atoms with Crippen molar-refractivity contribution in [2.24, 2.45) is 17.4 Å². The molecule has 0 bridgehead atoms. The van der Waals surface area contributed by atoms with Gasteiger partial charge in [-0.15, -0.1) is 0 Å². The van der Waals surface area contributed by atoms with E-state index in [1.54, 1.807) is 14.0 Å². The highest BCUT2D eigenvalue weighted by atomic mass is 19.1. The first-order valence-electron chi connectivity index (χ1n) is 14.8. The first-order valence-corrected chi connectivity index (χ1v) is 14.8. The van der Waals surface area contributed by atoms with Gasteiger partial charge in [-0.3, -0.25) is 5.41 Å². The predicted molar refractivity (Wildman–Crippen MR) is 149 cm³/mol. The summed E-state index contributed by atoms with van der Waals surface area (Å²) in [6, 6.07) is -2.52. The van der Waals surface area contributed by atoms with Gasteiger partial charge in [0.2, 0.25) is 0 Å². The van der Waals surface area contributed by atoms with Gasteiger partial charge >= 0.3 is 0 Å². The maximum atomic E-state index is 12.5. The van der Waals surface area contributed by atoms with Gasteiger partial charge in [-0.2, -0.15) is 0 Å². The average molecular weight is 608 g/mol. The standard InChI is InChI=1S/C26H50FN7O8/c1-12(35)14-9-39-24(19(36)18(14)31-2)42-22-17(34-25(30)26(38)10-33-11-26)7-16(29)21(20(22)37)41-23-15(28)4-3-13(40-23)8-32-6-5-27/h12-24,31-33,35-38H,3-11,28-29H2,1-2H3,(H2,30,34)/t12?,13-,14?,15?,16-,17+,18-,19?,20?,21?,22?,23+,24+/m0/s1. The normalized spacial score (nSPS) is 42.9. The molecule has 0 radical (unpaired) electrons. The van der Waals surface area contributed by atoms with Crippen LogP contribution >= 0.6 is 0 Å². The van der Waals surface area contributed by atoms with Gasteiger partial charge in [0, 0.05) is 44.2 Å². The molecule has 3 aliphatic heterocycles. The fourth-order valence-corrected chi connectivity index (χ4v) is 6.17. The molecule has 4 fully saturated rings. The Balaban J connectivity index is 1.50. The maximum Gasteiger partial charge on any atom is 0.185 e. The third kappa shape index (κ3) is 7.56. The summed E-state index contributed by atoms with van der Waals surface area (Å²) in [5.41, 5.74) is 11.4. The van der Waals surface area contributed by atoms with Crippen molar-refractivity contribution in [3.8, 4) is 0 Å². The van der Waals surface area contributed by atoms with Gasteiger partial charge in [-0.1, -0.05) is 0 Å². The van der Waals surface area contributed by atoms with E-state index in [1.807, 2.05) is 0 Å². The highest BCUT2D eigenvalue weighted by Crippen LogP contribution is 2.32. The van der Waals surface area contributed by atoms with Crippen LogP contribution in [-0.2, 0) is 18.9 Å². The summed E-state index contributed by atoms with van der Waals surface area (Å²) in [5, 5.41) is 64.0. The van der Waals surface area contributed by atoms with Gasteiger partial charge in [-0.25, -0.2) is 4.39 Å². The summed E-state index contributed by atoms with van der Waals surface area (Å²) in [7, 11) is 1.66. The highest BCUT2D eigenvalue weighted by molar-refractivity contribution is 5.89. The number of nitrogens with one attached hydrogen (secondary N) is 5. The number of likely N-dealkylation sites (N-methyl/N-ethyl adjacent to an activating group) is 1. The molecule has 4 aliphatic rings. The molecule has 3 heterocycles. The Morgan fingerprint density at radius 2 is 1.86 bits per heavy atom. The van der Waals surface area contributed by atoms with Gasteiger partial charge < -0.3 is 72.1 Å². The molecule has 0 amide bonds. The molecule has 7 unspecified atom stereocenters. The summed E-state index contributed by atoms with van der Waals surface area (Å²) >= 11 is 0. The Morgan fingerprint density at radius 1 is 1.14 bits per heavy atom. The molecule has 0 aromatic carbocycles. The molecule has 244 valence electrons. The fraction of sp³-hybridized carbons (Fsp3) is 0.962. The van der Waals surface area contributed by atoms with E-state index in [0.717, 1.165) is 0 Å². The minimum atomic E-state index is -1.39. The number of hydrogen-bond acceptors (Lipinski definition) is 14. The Labute approximate surface area is 245 Å². The van der Waals surface area contributed by atoms with Gasteiger partial charge in [-0.05, 0) is 33.2 Å². The number of alkyl halides is 1. The van der Waals surface area contributed by atoms with Crippen molar-refractivity contribution in [1.29, 1.82) is 5.41 Å². The van der Waals surface area contributed by atoms with E-state index in [9.17, 15) is 24.8 Å². The second-order valence-corrected chi connectivity index (χ2v) is 12.0. The van der Waals surface area contributed by atoms with Gasteiger partial charge in [0.15, 0.2) is 12.6 Å². The number of aliphatic hydroxyl groups is 4. The van der Waals surface area contributed by atoms with E-state index in [0.29, 0.717) is 19.4 Å². The van der Waals surface area contributed by atoms with Crippen molar-refractivity contribution < 1.29 is 43.8 Å². The predicted octanol–water partition coefficient (Wildman–Crippen LogP) is -4.19. The summed E-state index contributed by atoms with van der Waals surface area (Å²) in [5.74, 6) is -0.544. The van der Waals surface area contributed by atoms with E-state index in [1.165, 1.54) is 0 Å². The smallest absolute Gasteiger partial charge is 0.185 e. The van der Waals surface area contributed by atoms with Crippen LogP contribution in [0.3, 0.4) is 0 Å². The summed E-state index contributed by atoms with van der Waals surface area (Å²) in [4.78, 5) is 0. The van der Waals surface area contributed by atoms with Crippen molar-refractivity contribution in [2.75, 3.05) is 46.5 Å². The zero-order valence-corrected chi connectivity index (χ0v) is 24.3. The van der Waals surface area contributed by atoms with Crippen LogP contribution in [0.15, 0.2) is 0 Å². The summed E-state index contributed by atoms with van der Waals surface area (Å²) in [6.45, 7) is 2.24. The average Bonchev–Trinajstić information content (AvgIpc) is 2.93. The van der Waals surface area contributed by atoms with Crippen LogP contribution in [0.2, 0.25) is 0 Å². The van der Waals surface area contributed by atoms with E-state index >= 15 is 0 Å². The Hall–Kier alpha value is -1.12. The number of ether oxygens (including phenoxy) is 4. The number of nitrogens with two attached hydrogens (primary N) is 2.